The average molecular weight is 427 g/mol. The molecule has 0 atom stereocenters. The van der Waals surface area contributed by atoms with Crippen molar-refractivity contribution in [2.45, 2.75) is 26.2 Å². The summed E-state index contributed by atoms with van der Waals surface area (Å²) >= 11 is 1.77. The molecule has 1 aromatic heterocycles. The van der Waals surface area contributed by atoms with Crippen LogP contribution in [0.15, 0.2) is 47.5 Å². The van der Waals surface area contributed by atoms with Gasteiger partial charge in [-0.25, -0.2) is 4.98 Å². The molecule has 2 N–H and O–H groups in total. The maximum atomic E-state index is 5.38. The van der Waals surface area contributed by atoms with Gasteiger partial charge in [-0.15, -0.1) is 11.3 Å². The molecule has 0 fully saturated rings. The van der Waals surface area contributed by atoms with E-state index in [-0.39, 0.29) is 0 Å². The summed E-state index contributed by atoms with van der Waals surface area (Å²) in [4.78, 5) is 9.40. The Morgan fingerprint density at radius 1 is 1.03 bits per heavy atom. The average Bonchev–Trinajstić information content (AvgIpc) is 3.19. The first kappa shape index (κ1) is 21.9. The highest BCUT2D eigenvalue weighted by Gasteiger charge is 2.05. The number of methoxy groups -OCH3 is 2. The quantitative estimate of drug-likeness (QED) is 0.291. The summed E-state index contributed by atoms with van der Waals surface area (Å²) in [5, 5.41) is 7.90. The first-order valence-corrected chi connectivity index (χ1v) is 11.1. The largest absolute Gasteiger partial charge is 0.493 e. The Morgan fingerprint density at radius 3 is 2.63 bits per heavy atom. The van der Waals surface area contributed by atoms with Crippen molar-refractivity contribution in [2.75, 3.05) is 33.9 Å². The summed E-state index contributed by atoms with van der Waals surface area (Å²) in [7, 11) is 3.30. The number of fused-ring (bicyclic) bond motifs is 1. The minimum absolute atomic E-state index is 0.747. The number of rotatable bonds is 10. The second-order valence-corrected chi connectivity index (χ2v) is 7.92. The first-order chi connectivity index (χ1) is 14.7. The Hall–Kier alpha value is -2.80. The lowest BCUT2D eigenvalue weighted by Crippen LogP contribution is -2.38. The normalized spacial score (nSPS) is 11.5. The number of hydrogen-bond donors (Lipinski definition) is 2. The molecule has 3 rings (SSSR count). The van der Waals surface area contributed by atoms with E-state index in [1.54, 1.807) is 25.6 Å². The smallest absolute Gasteiger partial charge is 0.191 e. The van der Waals surface area contributed by atoms with Gasteiger partial charge in [0.15, 0.2) is 17.5 Å². The van der Waals surface area contributed by atoms with Crippen LogP contribution in [0, 0.1) is 0 Å². The van der Waals surface area contributed by atoms with Crippen molar-refractivity contribution in [3.05, 3.63) is 53.0 Å². The molecule has 0 aliphatic rings. The van der Waals surface area contributed by atoms with Gasteiger partial charge in [-0.3, -0.25) is 4.99 Å². The molecule has 0 amide bonds. The summed E-state index contributed by atoms with van der Waals surface area (Å²) in [5.41, 5.74) is 2.28. The van der Waals surface area contributed by atoms with Crippen molar-refractivity contribution in [3.63, 3.8) is 0 Å². The lowest BCUT2D eigenvalue weighted by molar-refractivity contribution is 0.354. The third-order valence-corrected chi connectivity index (χ3v) is 5.75. The van der Waals surface area contributed by atoms with Gasteiger partial charge < -0.3 is 20.1 Å². The highest BCUT2D eigenvalue weighted by Crippen LogP contribution is 2.27. The molecule has 1 heterocycles. The van der Waals surface area contributed by atoms with Crippen molar-refractivity contribution in [3.8, 4) is 11.5 Å². The Labute approximate surface area is 182 Å². The number of guanidine groups is 1. The number of para-hydroxylation sites is 1. The number of benzene rings is 2. The van der Waals surface area contributed by atoms with Gasteiger partial charge in [-0.1, -0.05) is 18.2 Å². The van der Waals surface area contributed by atoms with Gasteiger partial charge in [0, 0.05) is 26.1 Å². The monoisotopic (exact) mass is 426 g/mol. The molecule has 0 aliphatic heterocycles. The molecular weight excluding hydrogens is 396 g/mol. The summed E-state index contributed by atoms with van der Waals surface area (Å²) in [6, 6.07) is 14.3. The fraction of sp³-hybridized carbons (Fsp3) is 0.391. The predicted molar refractivity (Wildman–Crippen MR) is 125 cm³/mol. The van der Waals surface area contributed by atoms with E-state index in [1.165, 1.54) is 15.3 Å². The van der Waals surface area contributed by atoms with E-state index in [0.29, 0.717) is 0 Å². The van der Waals surface area contributed by atoms with E-state index < -0.39 is 0 Å². The number of aromatic nitrogens is 1. The maximum Gasteiger partial charge on any atom is 0.191 e. The molecule has 0 bridgehead atoms. The maximum absolute atomic E-state index is 5.38. The van der Waals surface area contributed by atoms with Crippen molar-refractivity contribution in [1.29, 1.82) is 0 Å². The highest BCUT2D eigenvalue weighted by atomic mass is 32.1. The van der Waals surface area contributed by atoms with Crippen molar-refractivity contribution < 1.29 is 9.47 Å². The van der Waals surface area contributed by atoms with E-state index in [4.69, 9.17) is 19.5 Å². The Bertz CT molecular complexity index is 938. The molecule has 6 nitrogen and oxygen atoms in total. The number of nitrogens with zero attached hydrogens (tertiary/aromatic N) is 2. The molecule has 30 heavy (non-hydrogen) atoms. The van der Waals surface area contributed by atoms with Gasteiger partial charge in [0.05, 0.1) is 29.4 Å². The van der Waals surface area contributed by atoms with Crippen LogP contribution in [0.4, 0.5) is 0 Å². The zero-order chi connectivity index (χ0) is 21.2. The number of aliphatic imine (C=N–C) groups is 1. The molecule has 3 aromatic rings. The minimum Gasteiger partial charge on any atom is -0.493 e. The number of thiazole rings is 1. The number of aryl methyl sites for hydroxylation is 1. The lowest BCUT2D eigenvalue weighted by atomic mass is 10.1. The van der Waals surface area contributed by atoms with Gasteiger partial charge in [-0.2, -0.15) is 0 Å². The fourth-order valence-corrected chi connectivity index (χ4v) is 4.16. The number of nitrogens with one attached hydrogen (secondary N) is 2. The van der Waals surface area contributed by atoms with Crippen LogP contribution in [0.1, 0.15) is 23.9 Å². The molecule has 0 spiro atoms. The number of hydrogen-bond acceptors (Lipinski definition) is 5. The lowest BCUT2D eigenvalue weighted by Gasteiger charge is -2.12. The van der Waals surface area contributed by atoms with Crippen LogP contribution in [0.5, 0.6) is 11.5 Å². The molecular formula is C23H30N4O2S. The molecule has 0 radical (unpaired) electrons. The Balaban J connectivity index is 1.47. The summed E-state index contributed by atoms with van der Waals surface area (Å²) in [5.74, 6) is 2.35. The Morgan fingerprint density at radius 2 is 1.87 bits per heavy atom. The van der Waals surface area contributed by atoms with E-state index in [1.807, 2.05) is 18.2 Å². The first-order valence-electron chi connectivity index (χ1n) is 10.3. The summed E-state index contributed by atoms with van der Waals surface area (Å²) < 4.78 is 11.9. The van der Waals surface area contributed by atoms with Gasteiger partial charge in [0.25, 0.3) is 0 Å². The van der Waals surface area contributed by atoms with Crippen molar-refractivity contribution in [1.82, 2.24) is 15.6 Å². The summed E-state index contributed by atoms with van der Waals surface area (Å²) in [6.07, 6.45) is 2.80. The minimum atomic E-state index is 0.747. The van der Waals surface area contributed by atoms with Crippen LogP contribution in [0.3, 0.4) is 0 Å². The third kappa shape index (κ3) is 6.10. The molecule has 0 saturated carbocycles. The summed E-state index contributed by atoms with van der Waals surface area (Å²) in [6.45, 7) is 4.47. The standard InChI is InChI=1S/C23H30N4O2S/c1-4-24-23(26-15-13-17-11-12-19(28-2)20(16-17)29-3)25-14-7-10-22-27-18-8-5-6-9-21(18)30-22/h5-6,8-9,11-12,16H,4,7,10,13-15H2,1-3H3,(H2,24,25,26). The predicted octanol–water partition coefficient (Wildman–Crippen LogP) is 4.04. The van der Waals surface area contributed by atoms with Crippen LogP contribution >= 0.6 is 11.3 Å². The zero-order valence-corrected chi connectivity index (χ0v) is 18.7. The van der Waals surface area contributed by atoms with E-state index in [0.717, 1.165) is 61.9 Å². The van der Waals surface area contributed by atoms with Crippen LogP contribution < -0.4 is 20.1 Å². The third-order valence-electron chi connectivity index (χ3n) is 4.66. The van der Waals surface area contributed by atoms with Gasteiger partial charge >= 0.3 is 0 Å². The SMILES string of the molecule is CCNC(=NCCCc1nc2ccccc2s1)NCCc1ccc(OC)c(OC)c1. The molecule has 0 saturated heterocycles. The number of ether oxygens (including phenoxy) is 2. The molecule has 7 heteroatoms. The van der Waals surface area contributed by atoms with Crippen molar-refractivity contribution >= 4 is 27.5 Å². The molecule has 0 aliphatic carbocycles. The van der Waals surface area contributed by atoms with E-state index in [9.17, 15) is 0 Å². The second kappa shape index (κ2) is 11.4. The van der Waals surface area contributed by atoms with Gasteiger partial charge in [0.2, 0.25) is 0 Å². The van der Waals surface area contributed by atoms with Crippen LogP contribution in [0.25, 0.3) is 10.2 Å². The molecule has 160 valence electrons. The van der Waals surface area contributed by atoms with Crippen LogP contribution in [0.2, 0.25) is 0 Å². The topological polar surface area (TPSA) is 67.8 Å². The van der Waals surface area contributed by atoms with E-state index in [2.05, 4.69) is 41.8 Å². The fourth-order valence-electron chi connectivity index (χ4n) is 3.15. The Kier molecular flexibility index (Phi) is 8.32. The molecule has 0 unspecified atom stereocenters. The van der Waals surface area contributed by atoms with Crippen LogP contribution in [-0.4, -0.2) is 44.8 Å². The van der Waals surface area contributed by atoms with E-state index >= 15 is 0 Å². The van der Waals surface area contributed by atoms with Crippen LogP contribution in [-0.2, 0) is 12.8 Å². The van der Waals surface area contributed by atoms with Gasteiger partial charge in [0.1, 0.15) is 0 Å². The van der Waals surface area contributed by atoms with Gasteiger partial charge in [-0.05, 0) is 49.6 Å². The highest BCUT2D eigenvalue weighted by molar-refractivity contribution is 7.18. The molecule has 2 aromatic carbocycles. The zero-order valence-electron chi connectivity index (χ0n) is 17.9. The van der Waals surface area contributed by atoms with Crippen molar-refractivity contribution in [2.24, 2.45) is 4.99 Å². The second-order valence-electron chi connectivity index (χ2n) is 6.81.